The molecule has 2 atom stereocenters. The Bertz CT molecular complexity index is 605. The van der Waals surface area contributed by atoms with Gasteiger partial charge in [0.15, 0.2) is 0 Å². The quantitative estimate of drug-likeness (QED) is 0.820. The molecular formula is C18H23NO4. The smallest absolute Gasteiger partial charge is 0.131 e. The van der Waals surface area contributed by atoms with E-state index in [0.29, 0.717) is 29.2 Å². The van der Waals surface area contributed by atoms with Gasteiger partial charge in [-0.15, -0.1) is 0 Å². The first-order valence-electron chi connectivity index (χ1n) is 7.38. The largest absolute Gasteiger partial charge is 0.496 e. The molecule has 0 heterocycles. The number of benzene rings is 2. The van der Waals surface area contributed by atoms with Crippen LogP contribution in [-0.4, -0.2) is 32.5 Å². The van der Waals surface area contributed by atoms with Crippen molar-refractivity contribution in [1.82, 2.24) is 0 Å². The van der Waals surface area contributed by atoms with E-state index in [9.17, 15) is 5.11 Å². The van der Waals surface area contributed by atoms with Crippen LogP contribution in [0, 0.1) is 0 Å². The summed E-state index contributed by atoms with van der Waals surface area (Å²) < 4.78 is 16.0. The third-order valence-electron chi connectivity index (χ3n) is 3.79. The average Bonchev–Trinajstić information content (AvgIpc) is 2.60. The fourth-order valence-corrected chi connectivity index (χ4v) is 2.54. The Morgan fingerprint density at radius 1 is 0.957 bits per heavy atom. The highest BCUT2D eigenvalue weighted by Gasteiger charge is 2.25. The molecule has 0 radical (unpaired) electrons. The lowest BCUT2D eigenvalue weighted by molar-refractivity contribution is 0.142. The minimum absolute atomic E-state index is 0.445. The summed E-state index contributed by atoms with van der Waals surface area (Å²) in [6.45, 7) is 0. The van der Waals surface area contributed by atoms with Crippen molar-refractivity contribution in [3.05, 3.63) is 53.6 Å². The van der Waals surface area contributed by atoms with Crippen LogP contribution < -0.4 is 19.9 Å². The lowest BCUT2D eigenvalue weighted by Crippen LogP contribution is -2.29. The van der Waals surface area contributed by atoms with Crippen LogP contribution in [0.2, 0.25) is 0 Å². The molecule has 5 nitrogen and oxygen atoms in total. The van der Waals surface area contributed by atoms with Crippen molar-refractivity contribution < 1.29 is 19.3 Å². The average molecular weight is 317 g/mol. The van der Waals surface area contributed by atoms with Crippen LogP contribution in [0.4, 0.5) is 0 Å². The lowest BCUT2D eigenvalue weighted by Gasteiger charge is -2.24. The molecule has 0 saturated heterocycles. The van der Waals surface area contributed by atoms with E-state index in [1.54, 1.807) is 33.5 Å². The molecule has 2 aromatic rings. The summed E-state index contributed by atoms with van der Waals surface area (Å²) in [7, 11) is 4.67. The van der Waals surface area contributed by atoms with Crippen LogP contribution in [0.1, 0.15) is 17.2 Å². The van der Waals surface area contributed by atoms with Gasteiger partial charge in [0.2, 0.25) is 0 Å². The molecule has 0 bridgehead atoms. The fourth-order valence-electron chi connectivity index (χ4n) is 2.54. The second-order valence-electron chi connectivity index (χ2n) is 5.23. The van der Waals surface area contributed by atoms with Gasteiger partial charge in [-0.1, -0.05) is 30.3 Å². The zero-order valence-corrected chi connectivity index (χ0v) is 13.7. The molecule has 0 aliphatic carbocycles. The van der Waals surface area contributed by atoms with E-state index in [4.69, 9.17) is 19.9 Å². The summed E-state index contributed by atoms with van der Waals surface area (Å²) in [5.74, 6) is 1.66. The molecule has 3 N–H and O–H groups in total. The van der Waals surface area contributed by atoms with E-state index < -0.39 is 12.1 Å². The van der Waals surface area contributed by atoms with Gasteiger partial charge in [-0.25, -0.2) is 0 Å². The van der Waals surface area contributed by atoms with E-state index in [-0.39, 0.29) is 0 Å². The van der Waals surface area contributed by atoms with Crippen LogP contribution in [0.5, 0.6) is 17.2 Å². The normalized spacial score (nSPS) is 13.3. The van der Waals surface area contributed by atoms with Gasteiger partial charge < -0.3 is 25.1 Å². The number of rotatable bonds is 7. The van der Waals surface area contributed by atoms with Gasteiger partial charge in [-0.05, 0) is 5.56 Å². The minimum Gasteiger partial charge on any atom is -0.496 e. The number of hydrogen-bond donors (Lipinski definition) is 2. The number of nitrogens with two attached hydrogens (primary N) is 1. The maximum absolute atomic E-state index is 10.5. The Labute approximate surface area is 136 Å². The molecule has 0 aliphatic heterocycles. The van der Waals surface area contributed by atoms with E-state index in [2.05, 4.69) is 0 Å². The fraction of sp³-hybridized carbons (Fsp3) is 0.333. The van der Waals surface area contributed by atoms with Crippen LogP contribution in [0.15, 0.2) is 42.5 Å². The summed E-state index contributed by atoms with van der Waals surface area (Å²) >= 11 is 0. The first kappa shape index (κ1) is 17.1. The van der Waals surface area contributed by atoms with Crippen molar-refractivity contribution in [1.29, 1.82) is 0 Å². The second-order valence-corrected chi connectivity index (χ2v) is 5.23. The monoisotopic (exact) mass is 317 g/mol. The highest BCUT2D eigenvalue weighted by atomic mass is 16.5. The molecule has 2 aromatic carbocycles. The molecule has 0 fully saturated rings. The maximum Gasteiger partial charge on any atom is 0.131 e. The summed E-state index contributed by atoms with van der Waals surface area (Å²) in [5.41, 5.74) is 7.92. The molecule has 2 rings (SSSR count). The molecule has 124 valence electrons. The predicted molar refractivity (Wildman–Crippen MR) is 89.2 cm³/mol. The highest BCUT2D eigenvalue weighted by Crippen LogP contribution is 2.38. The molecule has 23 heavy (non-hydrogen) atoms. The summed E-state index contributed by atoms with van der Waals surface area (Å²) in [6.07, 6.45) is -0.325. The molecule has 0 aromatic heterocycles. The van der Waals surface area contributed by atoms with E-state index >= 15 is 0 Å². The summed E-state index contributed by atoms with van der Waals surface area (Å²) in [4.78, 5) is 0. The maximum atomic E-state index is 10.5. The Morgan fingerprint density at radius 3 is 2.00 bits per heavy atom. The zero-order chi connectivity index (χ0) is 16.8. The molecule has 5 heteroatoms. The van der Waals surface area contributed by atoms with Crippen LogP contribution in [0.3, 0.4) is 0 Å². The van der Waals surface area contributed by atoms with Gasteiger partial charge in [0.25, 0.3) is 0 Å². The van der Waals surface area contributed by atoms with Crippen molar-refractivity contribution in [3.63, 3.8) is 0 Å². The van der Waals surface area contributed by atoms with Crippen molar-refractivity contribution in [2.45, 2.75) is 18.6 Å². The number of methoxy groups -OCH3 is 3. The third kappa shape index (κ3) is 3.94. The number of aliphatic hydroxyl groups is 1. The minimum atomic E-state index is -0.770. The van der Waals surface area contributed by atoms with E-state index in [1.807, 2.05) is 30.3 Å². The van der Waals surface area contributed by atoms with Crippen molar-refractivity contribution in [3.8, 4) is 17.2 Å². The topological polar surface area (TPSA) is 73.9 Å². The van der Waals surface area contributed by atoms with E-state index in [0.717, 1.165) is 5.56 Å². The Balaban J connectivity index is 2.31. The Hall–Kier alpha value is -2.24. The number of aliphatic hydroxyl groups excluding tert-OH is 1. The van der Waals surface area contributed by atoms with Crippen LogP contribution >= 0.6 is 0 Å². The zero-order valence-electron chi connectivity index (χ0n) is 13.7. The first-order valence-corrected chi connectivity index (χ1v) is 7.38. The molecule has 0 spiro atoms. The van der Waals surface area contributed by atoms with Crippen LogP contribution in [-0.2, 0) is 6.42 Å². The highest BCUT2D eigenvalue weighted by molar-refractivity contribution is 5.52. The number of hydrogen-bond acceptors (Lipinski definition) is 5. The van der Waals surface area contributed by atoms with Crippen molar-refractivity contribution >= 4 is 0 Å². The summed E-state index contributed by atoms with van der Waals surface area (Å²) in [6, 6.07) is 12.5. The van der Waals surface area contributed by atoms with Crippen molar-refractivity contribution in [2.75, 3.05) is 21.3 Å². The van der Waals surface area contributed by atoms with Gasteiger partial charge in [0.1, 0.15) is 17.2 Å². The molecule has 0 aliphatic rings. The Morgan fingerprint density at radius 2 is 1.52 bits per heavy atom. The van der Waals surface area contributed by atoms with Gasteiger partial charge in [-0.2, -0.15) is 0 Å². The molecule has 0 unspecified atom stereocenters. The Kier molecular flexibility index (Phi) is 5.84. The molecule has 0 saturated carbocycles. The molecule has 0 amide bonds. The van der Waals surface area contributed by atoms with Gasteiger partial charge >= 0.3 is 0 Å². The van der Waals surface area contributed by atoms with Crippen molar-refractivity contribution in [2.24, 2.45) is 5.73 Å². The second kappa shape index (κ2) is 7.85. The van der Waals surface area contributed by atoms with E-state index in [1.165, 1.54) is 0 Å². The van der Waals surface area contributed by atoms with Gasteiger partial charge in [-0.3, -0.25) is 0 Å². The van der Waals surface area contributed by atoms with Gasteiger partial charge in [0, 0.05) is 18.6 Å². The number of ether oxygens (including phenoxy) is 3. The SMILES string of the molecule is COc1cc(OC)c([C@@H](N)[C@@H](O)Cc2ccccc2)c(OC)c1. The first-order chi connectivity index (χ1) is 11.1. The lowest BCUT2D eigenvalue weighted by atomic mass is 9.95. The standard InChI is InChI=1S/C18H23NO4/c1-21-13-10-15(22-2)17(16(11-13)23-3)18(19)14(20)9-12-7-5-4-6-8-12/h4-8,10-11,14,18,20H,9,19H2,1-3H3/t14-,18-/m0/s1. The summed E-state index contributed by atoms with van der Waals surface area (Å²) in [5, 5.41) is 10.5. The van der Waals surface area contributed by atoms with Crippen LogP contribution in [0.25, 0.3) is 0 Å². The third-order valence-corrected chi connectivity index (χ3v) is 3.79. The predicted octanol–water partition coefficient (Wildman–Crippen LogP) is 2.32. The molecular weight excluding hydrogens is 294 g/mol. The van der Waals surface area contributed by atoms with Gasteiger partial charge in [0.05, 0.1) is 39.0 Å².